The van der Waals surface area contributed by atoms with E-state index in [-0.39, 0.29) is 5.91 Å². The Morgan fingerprint density at radius 1 is 1.19 bits per heavy atom. The molecule has 0 atom stereocenters. The van der Waals surface area contributed by atoms with E-state index in [2.05, 4.69) is 10.6 Å². The number of nitrogens with one attached hydrogen (secondary N) is 2. The molecule has 0 radical (unpaired) electrons. The summed E-state index contributed by atoms with van der Waals surface area (Å²) in [6.07, 6.45) is 1.93. The molecule has 1 aliphatic rings. The standard InChI is InChI=1S/C16H14Cl2N2O/c17-10-6-7-15(13(18)9-10)20-16(21)12-3-1-5-14-11(12)4-2-8-19-14/h1,3,5-7,9,19H,2,4,8H2,(H,20,21). The minimum absolute atomic E-state index is 0.153. The molecule has 1 aliphatic heterocycles. The summed E-state index contributed by atoms with van der Waals surface area (Å²) in [5.74, 6) is -0.153. The van der Waals surface area contributed by atoms with Crippen molar-refractivity contribution >= 4 is 40.5 Å². The average Bonchev–Trinajstić information content (AvgIpc) is 2.49. The van der Waals surface area contributed by atoms with Crippen LogP contribution in [0.3, 0.4) is 0 Å². The largest absolute Gasteiger partial charge is 0.385 e. The molecule has 0 unspecified atom stereocenters. The summed E-state index contributed by atoms with van der Waals surface area (Å²) in [4.78, 5) is 12.5. The summed E-state index contributed by atoms with van der Waals surface area (Å²) in [6, 6.07) is 10.7. The number of hydrogen-bond donors (Lipinski definition) is 2. The maximum Gasteiger partial charge on any atom is 0.256 e. The number of fused-ring (bicyclic) bond motifs is 1. The maximum atomic E-state index is 12.5. The van der Waals surface area contributed by atoms with Gasteiger partial charge in [0.05, 0.1) is 10.7 Å². The molecule has 0 bridgehead atoms. The van der Waals surface area contributed by atoms with Crippen LogP contribution in [0.2, 0.25) is 10.0 Å². The van der Waals surface area contributed by atoms with Gasteiger partial charge in [0.15, 0.2) is 0 Å². The first-order valence-electron chi connectivity index (χ1n) is 6.77. The highest BCUT2D eigenvalue weighted by molar-refractivity contribution is 6.36. The minimum Gasteiger partial charge on any atom is -0.385 e. The van der Waals surface area contributed by atoms with Crippen molar-refractivity contribution in [3.8, 4) is 0 Å². The topological polar surface area (TPSA) is 41.1 Å². The summed E-state index contributed by atoms with van der Waals surface area (Å²) in [5.41, 5.74) is 3.35. The minimum atomic E-state index is -0.153. The van der Waals surface area contributed by atoms with Crippen molar-refractivity contribution in [1.82, 2.24) is 0 Å². The summed E-state index contributed by atoms with van der Waals surface area (Å²) >= 11 is 12.0. The lowest BCUT2D eigenvalue weighted by atomic mass is 9.97. The van der Waals surface area contributed by atoms with E-state index in [1.807, 2.05) is 18.2 Å². The number of anilines is 2. The number of rotatable bonds is 2. The fraction of sp³-hybridized carbons (Fsp3) is 0.188. The van der Waals surface area contributed by atoms with Crippen LogP contribution in [0.5, 0.6) is 0 Å². The van der Waals surface area contributed by atoms with Crippen molar-refractivity contribution in [2.45, 2.75) is 12.8 Å². The summed E-state index contributed by atoms with van der Waals surface area (Å²) < 4.78 is 0. The second-order valence-electron chi connectivity index (χ2n) is 4.94. The third-order valence-corrected chi connectivity index (χ3v) is 4.07. The van der Waals surface area contributed by atoms with Gasteiger partial charge in [-0.05, 0) is 48.7 Å². The Morgan fingerprint density at radius 3 is 2.86 bits per heavy atom. The van der Waals surface area contributed by atoms with Crippen LogP contribution in [-0.2, 0) is 6.42 Å². The molecule has 2 aromatic carbocycles. The van der Waals surface area contributed by atoms with Gasteiger partial charge in [-0.2, -0.15) is 0 Å². The molecule has 1 amide bonds. The summed E-state index contributed by atoms with van der Waals surface area (Å²) in [7, 11) is 0. The zero-order valence-electron chi connectivity index (χ0n) is 11.2. The van der Waals surface area contributed by atoms with E-state index in [4.69, 9.17) is 23.2 Å². The van der Waals surface area contributed by atoms with Crippen LogP contribution >= 0.6 is 23.2 Å². The second-order valence-corrected chi connectivity index (χ2v) is 5.78. The van der Waals surface area contributed by atoms with Gasteiger partial charge in [0.2, 0.25) is 0 Å². The molecule has 21 heavy (non-hydrogen) atoms. The molecule has 0 aliphatic carbocycles. The van der Waals surface area contributed by atoms with E-state index in [9.17, 15) is 4.79 Å². The summed E-state index contributed by atoms with van der Waals surface area (Å²) in [5, 5.41) is 7.13. The second kappa shape index (κ2) is 5.96. The number of benzene rings is 2. The van der Waals surface area contributed by atoms with Gasteiger partial charge in [-0.1, -0.05) is 29.3 Å². The van der Waals surface area contributed by atoms with Crippen molar-refractivity contribution in [3.63, 3.8) is 0 Å². The molecule has 0 saturated heterocycles. The Labute approximate surface area is 133 Å². The Morgan fingerprint density at radius 2 is 2.05 bits per heavy atom. The lowest BCUT2D eigenvalue weighted by Gasteiger charge is -2.20. The zero-order valence-corrected chi connectivity index (χ0v) is 12.8. The van der Waals surface area contributed by atoms with Crippen LogP contribution < -0.4 is 10.6 Å². The molecule has 0 saturated carbocycles. The van der Waals surface area contributed by atoms with Crippen LogP contribution in [0, 0.1) is 0 Å². The monoisotopic (exact) mass is 320 g/mol. The molecule has 2 N–H and O–H groups in total. The quantitative estimate of drug-likeness (QED) is 0.848. The molecule has 0 aromatic heterocycles. The molecule has 1 heterocycles. The van der Waals surface area contributed by atoms with Crippen LogP contribution in [-0.4, -0.2) is 12.5 Å². The molecule has 108 valence electrons. The molecule has 2 aromatic rings. The summed E-state index contributed by atoms with van der Waals surface area (Å²) in [6.45, 7) is 0.946. The fourth-order valence-electron chi connectivity index (χ4n) is 2.50. The normalized spacial score (nSPS) is 13.2. The van der Waals surface area contributed by atoms with Gasteiger partial charge in [0.25, 0.3) is 5.91 Å². The Balaban J connectivity index is 1.89. The molecule has 0 fully saturated rings. The van der Waals surface area contributed by atoms with Gasteiger partial charge in [-0.15, -0.1) is 0 Å². The number of hydrogen-bond acceptors (Lipinski definition) is 2. The average molecular weight is 321 g/mol. The molecule has 3 nitrogen and oxygen atoms in total. The Kier molecular flexibility index (Phi) is 4.04. The number of halogens is 2. The third-order valence-electron chi connectivity index (χ3n) is 3.52. The fourth-order valence-corrected chi connectivity index (χ4v) is 2.96. The molecule has 5 heteroatoms. The maximum absolute atomic E-state index is 12.5. The van der Waals surface area contributed by atoms with Crippen LogP contribution in [0.15, 0.2) is 36.4 Å². The van der Waals surface area contributed by atoms with Crippen molar-refractivity contribution in [3.05, 3.63) is 57.6 Å². The van der Waals surface area contributed by atoms with Crippen molar-refractivity contribution in [2.75, 3.05) is 17.2 Å². The lowest BCUT2D eigenvalue weighted by Crippen LogP contribution is -2.19. The first-order valence-corrected chi connectivity index (χ1v) is 7.53. The first-order chi connectivity index (χ1) is 10.1. The molecular weight excluding hydrogens is 307 g/mol. The predicted molar refractivity (Wildman–Crippen MR) is 87.7 cm³/mol. The lowest BCUT2D eigenvalue weighted by molar-refractivity contribution is 0.102. The van der Waals surface area contributed by atoms with E-state index >= 15 is 0 Å². The van der Waals surface area contributed by atoms with Gasteiger partial charge in [0.1, 0.15) is 0 Å². The van der Waals surface area contributed by atoms with E-state index in [0.717, 1.165) is 30.6 Å². The third kappa shape index (κ3) is 2.99. The van der Waals surface area contributed by atoms with Gasteiger partial charge < -0.3 is 10.6 Å². The van der Waals surface area contributed by atoms with Gasteiger partial charge >= 0.3 is 0 Å². The Bertz CT molecular complexity index is 701. The van der Waals surface area contributed by atoms with E-state index in [1.165, 1.54) is 0 Å². The predicted octanol–water partition coefficient (Wildman–Crippen LogP) is 4.60. The number of carbonyl (C=O) groups is 1. The van der Waals surface area contributed by atoms with Gasteiger partial charge in [-0.3, -0.25) is 4.79 Å². The molecule has 0 spiro atoms. The van der Waals surface area contributed by atoms with Crippen LogP contribution in [0.1, 0.15) is 22.3 Å². The molecule has 3 rings (SSSR count). The highest BCUT2D eigenvalue weighted by atomic mass is 35.5. The van der Waals surface area contributed by atoms with Crippen molar-refractivity contribution in [2.24, 2.45) is 0 Å². The smallest absolute Gasteiger partial charge is 0.256 e. The van der Waals surface area contributed by atoms with Crippen molar-refractivity contribution < 1.29 is 4.79 Å². The first kappa shape index (κ1) is 14.2. The van der Waals surface area contributed by atoms with E-state index in [1.54, 1.807) is 18.2 Å². The zero-order chi connectivity index (χ0) is 14.8. The Hall–Kier alpha value is -1.71. The highest BCUT2D eigenvalue weighted by Gasteiger charge is 2.18. The SMILES string of the molecule is O=C(Nc1ccc(Cl)cc1Cl)c1cccc2c1CCCN2. The molecular formula is C16H14Cl2N2O. The van der Waals surface area contributed by atoms with Crippen LogP contribution in [0.25, 0.3) is 0 Å². The van der Waals surface area contributed by atoms with Crippen LogP contribution in [0.4, 0.5) is 11.4 Å². The van der Waals surface area contributed by atoms with E-state index in [0.29, 0.717) is 21.3 Å². The highest BCUT2D eigenvalue weighted by Crippen LogP contribution is 2.28. The van der Waals surface area contributed by atoms with E-state index < -0.39 is 0 Å². The van der Waals surface area contributed by atoms with Gasteiger partial charge in [0, 0.05) is 22.8 Å². The number of carbonyl (C=O) groups excluding carboxylic acids is 1. The van der Waals surface area contributed by atoms with Crippen molar-refractivity contribution in [1.29, 1.82) is 0 Å². The number of amides is 1. The van der Waals surface area contributed by atoms with Gasteiger partial charge in [-0.25, -0.2) is 0 Å².